The summed E-state index contributed by atoms with van der Waals surface area (Å²) in [7, 11) is 0. The lowest BCUT2D eigenvalue weighted by Gasteiger charge is -2.28. The second-order valence-electron chi connectivity index (χ2n) is 18.2. The molecule has 0 saturated heterocycles. The molecule has 0 aromatic rings. The molecule has 0 fully saturated rings. The van der Waals surface area contributed by atoms with Gasteiger partial charge in [-0.05, 0) is 81.6 Å². The van der Waals surface area contributed by atoms with Gasteiger partial charge in [-0.3, -0.25) is 43.2 Å². The van der Waals surface area contributed by atoms with Crippen LogP contribution in [-0.4, -0.2) is 154 Å². The molecule has 0 unspecified atom stereocenters. The Kier molecular flexibility index (Phi) is 29.6. The van der Waals surface area contributed by atoms with E-state index in [0.29, 0.717) is 6.42 Å². The first-order chi connectivity index (χ1) is 31.3. The summed E-state index contributed by atoms with van der Waals surface area (Å²) in [6.07, 6.45) is -0.114. The fourth-order valence-electron chi connectivity index (χ4n) is 6.55. The van der Waals surface area contributed by atoms with Gasteiger partial charge >= 0.3 is 11.9 Å². The van der Waals surface area contributed by atoms with Crippen molar-refractivity contribution in [2.24, 2.45) is 35.1 Å². The standard InChI is InChI=1S/C43H78N10O14/c1-22(2)15-29(37(60)46-19-34(56)47-32(43(66)67)18-25(7)8)51-42(65)33(21-55)53-38(61)27(11-9-10-14-44)48-39(62)28(12-13-35(57)58)49-40(63)31(17-24(5)6)52-41(64)30(16-23(3)4)50-36(59)26(45)20-54/h22-33,54-55H,9-21,44-45H2,1-8H3,(H,46,60)(H,47,56)(H,48,62)(H,49,63)(H,50,59)(H,51,65)(H,52,64)(H,53,61)(H,57,58)(H,66,67)/t26-,27-,28-,29-,30-,31-,32-,33-/m0/s1. The van der Waals surface area contributed by atoms with E-state index < -0.39 is 140 Å². The predicted molar refractivity (Wildman–Crippen MR) is 244 cm³/mol. The van der Waals surface area contributed by atoms with E-state index in [1.807, 2.05) is 0 Å². The second kappa shape index (κ2) is 32.3. The normalized spacial score (nSPS) is 14.9. The van der Waals surface area contributed by atoms with Gasteiger partial charge in [0, 0.05) is 6.42 Å². The van der Waals surface area contributed by atoms with E-state index >= 15 is 0 Å². The molecule has 8 atom stereocenters. The van der Waals surface area contributed by atoms with E-state index in [2.05, 4.69) is 42.5 Å². The van der Waals surface area contributed by atoms with Crippen LogP contribution >= 0.6 is 0 Å². The molecule has 0 aromatic carbocycles. The molecule has 24 nitrogen and oxygen atoms in total. The zero-order chi connectivity index (χ0) is 51.6. The molecule has 0 rings (SSSR count). The van der Waals surface area contributed by atoms with Crippen LogP contribution in [0.1, 0.15) is 113 Å². The highest BCUT2D eigenvalue weighted by atomic mass is 16.4. The maximum Gasteiger partial charge on any atom is 0.326 e. The number of nitrogens with two attached hydrogens (primary N) is 2. The summed E-state index contributed by atoms with van der Waals surface area (Å²) in [4.78, 5) is 130. The van der Waals surface area contributed by atoms with Crippen LogP contribution in [0.5, 0.6) is 0 Å². The SMILES string of the molecule is CC(C)C[C@H](NC(=O)CNC(=O)[C@H](CC(C)C)NC(=O)[C@H](CO)NC(=O)[C@H](CCCCN)NC(=O)[C@H](CCC(=O)O)NC(=O)[C@H](CC(C)C)NC(=O)[C@H](CC(C)C)NC(=O)[C@@H](N)CO)C(=O)O. The van der Waals surface area contributed by atoms with E-state index in [4.69, 9.17) is 11.5 Å². The topological polar surface area (TPSA) is 400 Å². The van der Waals surface area contributed by atoms with E-state index in [1.165, 1.54) is 0 Å². The predicted octanol–water partition coefficient (Wildman–Crippen LogP) is -2.93. The Morgan fingerprint density at radius 2 is 0.821 bits per heavy atom. The first kappa shape index (κ1) is 61.5. The van der Waals surface area contributed by atoms with Gasteiger partial charge in [0.15, 0.2) is 0 Å². The van der Waals surface area contributed by atoms with Gasteiger partial charge < -0.3 is 74.4 Å². The Bertz CT molecular complexity index is 1650. The maximum absolute atomic E-state index is 13.9. The lowest BCUT2D eigenvalue weighted by Crippen LogP contribution is -2.60. The summed E-state index contributed by atoms with van der Waals surface area (Å²) in [6, 6.07) is -10.9. The molecule has 384 valence electrons. The third kappa shape index (κ3) is 25.9. The number of carboxylic acids is 2. The first-order valence-electron chi connectivity index (χ1n) is 22.8. The number of unbranched alkanes of at least 4 members (excludes halogenated alkanes) is 1. The number of rotatable bonds is 34. The van der Waals surface area contributed by atoms with Crippen LogP contribution in [-0.2, 0) is 47.9 Å². The number of hydrogen-bond acceptors (Lipinski definition) is 14. The number of carbonyl (C=O) groups is 10. The highest BCUT2D eigenvalue weighted by molar-refractivity contribution is 5.98. The molecule has 0 saturated carbocycles. The molecule has 0 bridgehead atoms. The Balaban J connectivity index is 6.37. The highest BCUT2D eigenvalue weighted by Crippen LogP contribution is 2.12. The van der Waals surface area contributed by atoms with Crippen LogP contribution in [0.15, 0.2) is 0 Å². The molecule has 0 aliphatic carbocycles. The Morgan fingerprint density at radius 1 is 0.448 bits per heavy atom. The van der Waals surface area contributed by atoms with E-state index in [-0.39, 0.29) is 68.7 Å². The number of carboxylic acid groups (broad SMARTS) is 2. The van der Waals surface area contributed by atoms with Crippen molar-refractivity contribution < 1.29 is 68.4 Å². The van der Waals surface area contributed by atoms with Gasteiger partial charge in [0.2, 0.25) is 47.3 Å². The van der Waals surface area contributed by atoms with Crippen LogP contribution in [0.25, 0.3) is 0 Å². The van der Waals surface area contributed by atoms with Crippen LogP contribution in [0.4, 0.5) is 0 Å². The fraction of sp³-hybridized carbons (Fsp3) is 0.767. The van der Waals surface area contributed by atoms with Crippen molar-refractivity contribution in [1.29, 1.82) is 0 Å². The van der Waals surface area contributed by atoms with Gasteiger partial charge in [0.05, 0.1) is 19.8 Å². The lowest BCUT2D eigenvalue weighted by atomic mass is 9.99. The van der Waals surface area contributed by atoms with Crippen molar-refractivity contribution >= 4 is 59.2 Å². The molecular formula is C43H78N10O14. The van der Waals surface area contributed by atoms with Gasteiger partial charge in [-0.15, -0.1) is 0 Å². The average Bonchev–Trinajstić information content (AvgIpc) is 3.23. The molecule has 0 aliphatic heterocycles. The second-order valence-corrected chi connectivity index (χ2v) is 18.2. The number of aliphatic hydroxyl groups is 2. The number of carbonyl (C=O) groups excluding carboxylic acids is 8. The average molecular weight is 959 g/mol. The molecule has 8 amide bonds. The number of aliphatic hydroxyl groups excluding tert-OH is 2. The minimum absolute atomic E-state index is 0.0404. The van der Waals surface area contributed by atoms with Gasteiger partial charge in [-0.2, -0.15) is 0 Å². The van der Waals surface area contributed by atoms with Gasteiger partial charge in [0.25, 0.3) is 0 Å². The maximum atomic E-state index is 13.9. The molecule has 16 N–H and O–H groups in total. The molecule has 24 heteroatoms. The van der Waals surface area contributed by atoms with Gasteiger partial charge in [-0.25, -0.2) is 4.79 Å². The molecule has 0 radical (unpaired) electrons. The third-order valence-corrected chi connectivity index (χ3v) is 9.99. The number of hydrogen-bond donors (Lipinski definition) is 14. The van der Waals surface area contributed by atoms with Crippen molar-refractivity contribution in [3.05, 3.63) is 0 Å². The van der Waals surface area contributed by atoms with Crippen molar-refractivity contribution in [3.63, 3.8) is 0 Å². The Morgan fingerprint density at radius 3 is 1.22 bits per heavy atom. The van der Waals surface area contributed by atoms with Crippen molar-refractivity contribution in [3.8, 4) is 0 Å². The van der Waals surface area contributed by atoms with E-state index in [0.717, 1.165) is 0 Å². The van der Waals surface area contributed by atoms with Gasteiger partial charge in [-0.1, -0.05) is 55.4 Å². The number of aliphatic carboxylic acids is 2. The Hall–Kier alpha value is -5.46. The summed E-state index contributed by atoms with van der Waals surface area (Å²) in [5, 5.41) is 58.0. The molecule has 67 heavy (non-hydrogen) atoms. The summed E-state index contributed by atoms with van der Waals surface area (Å²) < 4.78 is 0. The zero-order valence-corrected chi connectivity index (χ0v) is 40.1. The quantitative estimate of drug-likeness (QED) is 0.0287. The molecule has 0 aromatic heterocycles. The monoisotopic (exact) mass is 959 g/mol. The fourth-order valence-corrected chi connectivity index (χ4v) is 6.55. The highest BCUT2D eigenvalue weighted by Gasteiger charge is 2.34. The zero-order valence-electron chi connectivity index (χ0n) is 40.1. The number of nitrogens with one attached hydrogen (secondary N) is 8. The largest absolute Gasteiger partial charge is 0.481 e. The van der Waals surface area contributed by atoms with Crippen LogP contribution in [0.2, 0.25) is 0 Å². The molecule has 0 aliphatic rings. The number of amides is 8. The van der Waals surface area contributed by atoms with Gasteiger partial charge in [0.1, 0.15) is 48.3 Å². The summed E-state index contributed by atoms with van der Waals surface area (Å²) in [6.45, 7) is 12.1. The third-order valence-electron chi connectivity index (χ3n) is 9.99. The molecular weight excluding hydrogens is 881 g/mol. The molecule has 0 heterocycles. The summed E-state index contributed by atoms with van der Waals surface area (Å²) in [5.41, 5.74) is 11.3. The van der Waals surface area contributed by atoms with E-state index in [1.54, 1.807) is 55.4 Å². The lowest BCUT2D eigenvalue weighted by molar-refractivity contribution is -0.142. The first-order valence-corrected chi connectivity index (χ1v) is 22.8. The Labute approximate surface area is 392 Å². The molecule has 0 spiro atoms. The minimum Gasteiger partial charge on any atom is -0.481 e. The van der Waals surface area contributed by atoms with Crippen LogP contribution < -0.4 is 54.0 Å². The van der Waals surface area contributed by atoms with E-state index in [9.17, 15) is 68.4 Å². The van der Waals surface area contributed by atoms with Crippen molar-refractivity contribution in [1.82, 2.24) is 42.5 Å². The van der Waals surface area contributed by atoms with Crippen LogP contribution in [0.3, 0.4) is 0 Å². The smallest absolute Gasteiger partial charge is 0.326 e. The van der Waals surface area contributed by atoms with Crippen molar-refractivity contribution in [2.45, 2.75) is 162 Å². The minimum atomic E-state index is -1.67. The summed E-state index contributed by atoms with van der Waals surface area (Å²) >= 11 is 0. The van der Waals surface area contributed by atoms with Crippen LogP contribution in [0, 0.1) is 23.7 Å². The van der Waals surface area contributed by atoms with Crippen molar-refractivity contribution in [2.75, 3.05) is 26.3 Å². The summed E-state index contributed by atoms with van der Waals surface area (Å²) in [5.74, 6) is -10.1.